The van der Waals surface area contributed by atoms with Crippen LogP contribution in [0.2, 0.25) is 0 Å². The first kappa shape index (κ1) is 23.1. The van der Waals surface area contributed by atoms with Gasteiger partial charge >= 0.3 is 13.5 Å². The molecule has 0 saturated heterocycles. The van der Waals surface area contributed by atoms with Crippen molar-refractivity contribution in [2.75, 3.05) is 18.9 Å². The maximum absolute atomic E-state index is 13.7. The number of ether oxygens (including phenoxy) is 1. The van der Waals surface area contributed by atoms with Crippen LogP contribution in [0.15, 0.2) is 46.9 Å². The van der Waals surface area contributed by atoms with Gasteiger partial charge in [0.25, 0.3) is 0 Å². The van der Waals surface area contributed by atoms with Crippen molar-refractivity contribution >= 4 is 35.5 Å². The van der Waals surface area contributed by atoms with E-state index >= 15 is 0 Å². The van der Waals surface area contributed by atoms with Gasteiger partial charge in [-0.15, -0.1) is 11.3 Å². The summed E-state index contributed by atoms with van der Waals surface area (Å²) in [7, 11) is -3.78. The minimum Gasteiger partial charge on any atom is -0.465 e. The number of thiazole rings is 1. The van der Waals surface area contributed by atoms with Crippen LogP contribution in [0.3, 0.4) is 0 Å². The smallest absolute Gasteiger partial charge is 0.382 e. The molecule has 0 radical (unpaired) electrons. The Hall–Kier alpha value is -2.61. The molecule has 0 bridgehead atoms. The summed E-state index contributed by atoms with van der Waals surface area (Å²) >= 11 is 1.41. The summed E-state index contributed by atoms with van der Waals surface area (Å²) in [5.41, 5.74) is 6.61. The Morgan fingerprint density at radius 2 is 2.00 bits per heavy atom. The van der Waals surface area contributed by atoms with Crippen LogP contribution in [0.5, 0.6) is 5.75 Å². The molecular formula is C21H26N3O5PS. The van der Waals surface area contributed by atoms with E-state index in [4.69, 9.17) is 19.4 Å². The van der Waals surface area contributed by atoms with Gasteiger partial charge in [0.1, 0.15) is 18.0 Å². The highest BCUT2D eigenvalue weighted by Gasteiger charge is 2.33. The van der Waals surface area contributed by atoms with Crippen molar-refractivity contribution in [1.82, 2.24) is 10.1 Å². The van der Waals surface area contributed by atoms with Crippen LogP contribution in [0, 0.1) is 5.92 Å². The number of aromatic nitrogens is 1. The molecule has 31 heavy (non-hydrogen) atoms. The Balaban J connectivity index is 1.92. The van der Waals surface area contributed by atoms with E-state index in [1.54, 1.807) is 43.3 Å². The zero-order valence-electron chi connectivity index (χ0n) is 17.7. The molecule has 8 nitrogen and oxygen atoms in total. The summed E-state index contributed by atoms with van der Waals surface area (Å²) in [4.78, 5) is 17.2. The largest absolute Gasteiger partial charge is 0.465 e. The van der Waals surface area contributed by atoms with Crippen molar-refractivity contribution in [1.29, 1.82) is 0 Å². The molecule has 0 aliphatic rings. The molecule has 0 fully saturated rings. The molecule has 0 spiro atoms. The number of esters is 1. The topological polar surface area (TPSA) is 117 Å². The third-order valence-electron chi connectivity index (χ3n) is 4.14. The van der Waals surface area contributed by atoms with Crippen LogP contribution in [0.25, 0.3) is 11.5 Å². The van der Waals surface area contributed by atoms with Gasteiger partial charge in [0.15, 0.2) is 10.9 Å². The van der Waals surface area contributed by atoms with Gasteiger partial charge in [-0.05, 0) is 43.5 Å². The Morgan fingerprint density at radius 3 is 2.68 bits per heavy atom. The Bertz CT molecular complexity index is 1060. The zero-order valence-corrected chi connectivity index (χ0v) is 19.4. The molecule has 2 heterocycles. The van der Waals surface area contributed by atoms with Crippen LogP contribution in [-0.2, 0) is 20.5 Å². The summed E-state index contributed by atoms with van der Waals surface area (Å²) in [6.07, 6.45) is 0.791. The first-order valence-corrected chi connectivity index (χ1v) is 12.4. The highest BCUT2D eigenvalue weighted by Crippen LogP contribution is 2.43. The molecule has 3 aromatic rings. The Kier molecular flexibility index (Phi) is 7.54. The molecule has 166 valence electrons. The summed E-state index contributed by atoms with van der Waals surface area (Å²) < 4.78 is 30.3. The molecule has 1 aromatic carbocycles. The SMILES string of the molecule is CCOC(=O)CNP(=O)(Oc1ccccc1)c1ccc(-c2nc(N)sc2CC(C)C)o1. The highest BCUT2D eigenvalue weighted by atomic mass is 32.1. The fraction of sp³-hybridized carbons (Fsp3) is 0.333. The van der Waals surface area contributed by atoms with E-state index in [9.17, 15) is 9.36 Å². The number of para-hydroxylation sites is 1. The fourth-order valence-electron chi connectivity index (χ4n) is 2.85. The monoisotopic (exact) mass is 463 g/mol. The summed E-state index contributed by atoms with van der Waals surface area (Å²) in [5.74, 6) is 0.677. The average molecular weight is 463 g/mol. The van der Waals surface area contributed by atoms with Crippen LogP contribution in [-0.4, -0.2) is 24.1 Å². The number of nitrogens with zero attached hydrogens (tertiary/aromatic N) is 1. The van der Waals surface area contributed by atoms with E-state index in [1.807, 2.05) is 6.07 Å². The summed E-state index contributed by atoms with van der Waals surface area (Å²) in [6, 6.07) is 11.9. The Morgan fingerprint density at radius 1 is 1.26 bits per heavy atom. The van der Waals surface area contributed by atoms with E-state index in [-0.39, 0.29) is 18.7 Å². The summed E-state index contributed by atoms with van der Waals surface area (Å²) in [5, 5.41) is 3.12. The van der Waals surface area contributed by atoms with Gasteiger partial charge in [0.05, 0.1) is 6.61 Å². The molecular weight excluding hydrogens is 437 g/mol. The van der Waals surface area contributed by atoms with E-state index in [1.165, 1.54) is 11.3 Å². The molecule has 0 aliphatic heterocycles. The number of nitrogens with two attached hydrogens (primary N) is 1. The third-order valence-corrected chi connectivity index (χ3v) is 6.91. The number of hydrogen-bond acceptors (Lipinski definition) is 8. The molecule has 0 saturated carbocycles. The fourth-order valence-corrected chi connectivity index (χ4v) is 5.45. The predicted octanol–water partition coefficient (Wildman–Crippen LogP) is 4.23. The lowest BCUT2D eigenvalue weighted by Crippen LogP contribution is -2.28. The molecule has 10 heteroatoms. The predicted molar refractivity (Wildman–Crippen MR) is 122 cm³/mol. The number of nitrogen functional groups attached to an aromatic ring is 1. The van der Waals surface area contributed by atoms with Crippen LogP contribution in [0.4, 0.5) is 5.13 Å². The molecule has 3 rings (SSSR count). The highest BCUT2D eigenvalue weighted by molar-refractivity contribution is 7.65. The number of furan rings is 1. The first-order chi connectivity index (χ1) is 14.8. The van der Waals surface area contributed by atoms with Crippen molar-refractivity contribution in [2.45, 2.75) is 27.2 Å². The van der Waals surface area contributed by atoms with Gasteiger partial charge in [-0.25, -0.2) is 10.1 Å². The molecule has 3 N–H and O–H groups in total. The number of nitrogens with one attached hydrogen (secondary N) is 1. The number of anilines is 1. The number of carbonyl (C=O) groups is 1. The number of carbonyl (C=O) groups excluding carboxylic acids is 1. The number of hydrogen-bond donors (Lipinski definition) is 2. The molecule has 0 aliphatic carbocycles. The van der Waals surface area contributed by atoms with Gasteiger partial charge in [0.2, 0.25) is 5.50 Å². The van der Waals surface area contributed by atoms with Crippen molar-refractivity contribution in [3.05, 3.63) is 47.3 Å². The molecule has 0 amide bonds. The lowest BCUT2D eigenvalue weighted by Gasteiger charge is -2.18. The van der Waals surface area contributed by atoms with Gasteiger partial charge in [-0.3, -0.25) is 9.36 Å². The minimum absolute atomic E-state index is 0.0673. The van der Waals surface area contributed by atoms with Gasteiger partial charge in [0, 0.05) is 4.88 Å². The van der Waals surface area contributed by atoms with Crippen LogP contribution >= 0.6 is 18.9 Å². The Labute approximate surface area is 185 Å². The number of rotatable bonds is 10. The van der Waals surface area contributed by atoms with E-state index in [0.717, 1.165) is 11.3 Å². The quantitative estimate of drug-likeness (QED) is 0.339. The molecule has 2 aromatic heterocycles. The van der Waals surface area contributed by atoms with E-state index in [0.29, 0.717) is 28.3 Å². The number of benzene rings is 1. The lowest BCUT2D eigenvalue weighted by atomic mass is 10.1. The normalized spacial score (nSPS) is 13.2. The maximum atomic E-state index is 13.7. The van der Waals surface area contributed by atoms with Crippen molar-refractivity contribution in [2.24, 2.45) is 5.92 Å². The van der Waals surface area contributed by atoms with Gasteiger partial charge in [-0.1, -0.05) is 32.0 Å². The van der Waals surface area contributed by atoms with E-state index in [2.05, 4.69) is 23.9 Å². The van der Waals surface area contributed by atoms with Crippen LogP contribution < -0.4 is 20.8 Å². The zero-order chi connectivity index (χ0) is 22.4. The minimum atomic E-state index is -3.78. The first-order valence-electron chi connectivity index (χ1n) is 9.92. The lowest BCUT2D eigenvalue weighted by molar-refractivity contribution is -0.141. The van der Waals surface area contributed by atoms with Crippen molar-refractivity contribution in [3.8, 4) is 17.2 Å². The van der Waals surface area contributed by atoms with Crippen molar-refractivity contribution < 1.29 is 23.0 Å². The van der Waals surface area contributed by atoms with Gasteiger partial charge < -0.3 is 19.4 Å². The second-order valence-corrected chi connectivity index (χ2v) is 10.3. The summed E-state index contributed by atoms with van der Waals surface area (Å²) in [6.45, 7) is 5.84. The van der Waals surface area contributed by atoms with Crippen LogP contribution in [0.1, 0.15) is 25.6 Å². The maximum Gasteiger partial charge on any atom is 0.382 e. The average Bonchev–Trinajstić information content (AvgIpc) is 3.34. The van der Waals surface area contributed by atoms with Crippen molar-refractivity contribution in [3.63, 3.8) is 0 Å². The van der Waals surface area contributed by atoms with Gasteiger partial charge in [-0.2, -0.15) is 0 Å². The second kappa shape index (κ2) is 10.1. The molecule has 1 unspecified atom stereocenters. The second-order valence-electron chi connectivity index (χ2n) is 7.16. The third kappa shape index (κ3) is 5.97. The molecule has 1 atom stereocenters. The standard InChI is InChI=1S/C21H26N3O5PS/c1-4-27-18(25)13-23-30(26,29-15-8-6-5-7-9-15)19-11-10-16(28-19)20-17(12-14(2)3)31-21(22)24-20/h5-11,14H,4,12-13H2,1-3H3,(H2,22,24)(H,23,26). The van der Waals surface area contributed by atoms with E-state index < -0.39 is 13.5 Å².